The third-order valence-corrected chi connectivity index (χ3v) is 1.20. The number of hydrogen-bond donors (Lipinski definition) is 0. The Labute approximate surface area is 42.1 Å². The minimum atomic E-state index is 1.06. The highest BCUT2D eigenvalue weighted by Gasteiger charge is 2.17. The van der Waals surface area contributed by atoms with Gasteiger partial charge in [0, 0.05) is 6.42 Å². The Morgan fingerprint density at radius 1 is 1.57 bits per heavy atom. The number of nitrogens with zero attached hydrogens (tertiary/aromatic N) is 1. The summed E-state index contributed by atoms with van der Waals surface area (Å²) in [7, 11) is 0. The minimum absolute atomic E-state index is 1.06. The lowest BCUT2D eigenvalue weighted by Crippen LogP contribution is -1.79. The molecule has 0 radical (unpaired) electrons. The van der Waals surface area contributed by atoms with Crippen LogP contribution in [0.4, 0.5) is 0 Å². The molecule has 1 heterocycles. The second kappa shape index (κ2) is 0.861. The molecule has 0 aromatic carbocycles. The van der Waals surface area contributed by atoms with Crippen molar-refractivity contribution in [2.24, 2.45) is 4.99 Å². The number of aliphatic imine (C=N–C) groups is 1. The fraction of sp³-hybridized carbons (Fsp3) is 0.167. The lowest BCUT2D eigenvalue weighted by Gasteiger charge is -1.82. The first-order valence-corrected chi connectivity index (χ1v) is 2.41. The average Bonchev–Trinajstić information content (AvgIpc) is 2.41. The van der Waals surface area contributed by atoms with Gasteiger partial charge in [-0.25, -0.2) is 4.99 Å². The maximum atomic E-state index is 4.07. The van der Waals surface area contributed by atoms with Gasteiger partial charge in [0.1, 0.15) is 0 Å². The van der Waals surface area contributed by atoms with Crippen LogP contribution in [-0.2, 0) is 0 Å². The summed E-state index contributed by atoms with van der Waals surface area (Å²) in [5, 5.41) is 0. The minimum Gasteiger partial charge on any atom is -0.249 e. The predicted octanol–water partition coefficient (Wildman–Crippen LogP) is 1.28. The second-order valence-electron chi connectivity index (χ2n) is 1.74. The van der Waals surface area contributed by atoms with E-state index in [9.17, 15) is 0 Å². The molecule has 0 aromatic rings. The lowest BCUT2D eigenvalue weighted by atomic mass is 10.2. The van der Waals surface area contributed by atoms with Crippen molar-refractivity contribution in [2.45, 2.75) is 6.42 Å². The molecule has 0 N–H and O–H groups in total. The molecule has 0 aromatic heterocycles. The van der Waals surface area contributed by atoms with Crippen molar-refractivity contribution in [3.05, 3.63) is 23.9 Å². The van der Waals surface area contributed by atoms with Crippen LogP contribution in [-0.4, -0.2) is 5.71 Å². The topological polar surface area (TPSA) is 12.4 Å². The molecule has 0 atom stereocenters. The molecule has 0 amide bonds. The van der Waals surface area contributed by atoms with Gasteiger partial charge < -0.3 is 0 Å². The van der Waals surface area contributed by atoms with E-state index in [1.807, 2.05) is 6.08 Å². The summed E-state index contributed by atoms with van der Waals surface area (Å²) in [6, 6.07) is 0. The molecule has 1 heteroatoms. The first kappa shape index (κ1) is 3.19. The van der Waals surface area contributed by atoms with Crippen LogP contribution in [0.2, 0.25) is 0 Å². The van der Waals surface area contributed by atoms with Crippen molar-refractivity contribution in [3.8, 4) is 0 Å². The van der Waals surface area contributed by atoms with E-state index in [2.05, 4.69) is 17.1 Å². The van der Waals surface area contributed by atoms with Crippen molar-refractivity contribution in [3.63, 3.8) is 0 Å². The third-order valence-electron chi connectivity index (χ3n) is 1.20. The Hall–Kier alpha value is -0.850. The van der Waals surface area contributed by atoms with Crippen molar-refractivity contribution < 1.29 is 0 Å². The zero-order valence-corrected chi connectivity index (χ0v) is 3.89. The summed E-state index contributed by atoms with van der Waals surface area (Å²) < 4.78 is 0. The van der Waals surface area contributed by atoms with Crippen LogP contribution in [0.15, 0.2) is 28.9 Å². The average molecular weight is 91.1 g/mol. The van der Waals surface area contributed by atoms with E-state index in [0.717, 1.165) is 6.42 Å². The Kier molecular flexibility index (Phi) is 0.392. The van der Waals surface area contributed by atoms with Crippen LogP contribution in [0.25, 0.3) is 0 Å². The summed E-state index contributed by atoms with van der Waals surface area (Å²) in [4.78, 5) is 4.07. The fourth-order valence-corrected chi connectivity index (χ4v) is 0.740. The summed E-state index contributed by atoms with van der Waals surface area (Å²) in [6.45, 7) is 0. The Balaban J connectivity index is 2.40. The molecule has 1 aliphatic carbocycles. The van der Waals surface area contributed by atoms with E-state index in [1.54, 1.807) is 0 Å². The van der Waals surface area contributed by atoms with Gasteiger partial charge in [-0.15, -0.1) is 0 Å². The van der Waals surface area contributed by atoms with E-state index in [-0.39, 0.29) is 0 Å². The van der Waals surface area contributed by atoms with Gasteiger partial charge >= 0.3 is 0 Å². The van der Waals surface area contributed by atoms with Crippen LogP contribution in [0.3, 0.4) is 0 Å². The molecule has 0 unspecified atom stereocenters. The number of allylic oxidation sites excluding steroid dienone is 4. The molecule has 34 valence electrons. The van der Waals surface area contributed by atoms with Gasteiger partial charge in [-0.05, 0) is 6.08 Å². The van der Waals surface area contributed by atoms with Crippen LogP contribution in [0.5, 0.6) is 0 Å². The third kappa shape index (κ3) is 0.346. The molecule has 1 nitrogen and oxygen atoms in total. The van der Waals surface area contributed by atoms with Crippen LogP contribution >= 0.6 is 0 Å². The van der Waals surface area contributed by atoms with E-state index < -0.39 is 0 Å². The molecule has 1 aliphatic heterocycles. The molecule has 0 saturated heterocycles. The number of hydrogen-bond acceptors (Lipinski definition) is 1. The van der Waals surface area contributed by atoms with Gasteiger partial charge in [-0.3, -0.25) is 0 Å². The molecule has 2 rings (SSSR count). The van der Waals surface area contributed by atoms with Gasteiger partial charge in [0.15, 0.2) is 0 Å². The quantitative estimate of drug-likeness (QED) is 0.426. The molecular formula is C6H5N. The smallest absolute Gasteiger partial charge is 0.0852 e. The van der Waals surface area contributed by atoms with Crippen molar-refractivity contribution in [1.29, 1.82) is 0 Å². The van der Waals surface area contributed by atoms with E-state index >= 15 is 0 Å². The van der Waals surface area contributed by atoms with Gasteiger partial charge in [0.2, 0.25) is 0 Å². The Morgan fingerprint density at radius 3 is 3.14 bits per heavy atom. The zero-order chi connectivity index (χ0) is 4.69. The molecule has 7 heavy (non-hydrogen) atoms. The first-order chi connectivity index (χ1) is 3.47. The van der Waals surface area contributed by atoms with Crippen LogP contribution < -0.4 is 0 Å². The SMILES string of the molecule is C1=CCC2=NC2=C1. The maximum absolute atomic E-state index is 4.07. The van der Waals surface area contributed by atoms with Gasteiger partial charge in [0.05, 0.1) is 11.4 Å². The van der Waals surface area contributed by atoms with E-state index in [4.69, 9.17) is 0 Å². The molecule has 0 fully saturated rings. The molecule has 0 spiro atoms. The van der Waals surface area contributed by atoms with E-state index in [1.165, 1.54) is 11.4 Å². The molecular weight excluding hydrogens is 86.1 g/mol. The first-order valence-electron chi connectivity index (χ1n) is 2.41. The summed E-state index contributed by atoms with van der Waals surface area (Å²) in [5.74, 6) is 0. The fourth-order valence-electron chi connectivity index (χ4n) is 0.740. The Bertz CT molecular complexity index is 184. The van der Waals surface area contributed by atoms with Crippen molar-refractivity contribution in [1.82, 2.24) is 0 Å². The second-order valence-corrected chi connectivity index (χ2v) is 1.74. The normalized spacial score (nSPS) is 22.9. The predicted molar refractivity (Wildman–Crippen MR) is 29.3 cm³/mol. The Morgan fingerprint density at radius 2 is 2.57 bits per heavy atom. The van der Waals surface area contributed by atoms with Crippen molar-refractivity contribution >= 4 is 5.71 Å². The highest BCUT2D eigenvalue weighted by molar-refractivity contribution is 6.13. The van der Waals surface area contributed by atoms with E-state index in [0.29, 0.717) is 0 Å². The largest absolute Gasteiger partial charge is 0.249 e. The highest BCUT2D eigenvalue weighted by Crippen LogP contribution is 2.22. The summed E-state index contributed by atoms with van der Waals surface area (Å²) in [5.41, 5.74) is 2.49. The van der Waals surface area contributed by atoms with Gasteiger partial charge in [-0.1, -0.05) is 12.2 Å². The lowest BCUT2D eigenvalue weighted by molar-refractivity contribution is 1.51. The van der Waals surface area contributed by atoms with Gasteiger partial charge in [0.25, 0.3) is 0 Å². The number of rotatable bonds is 0. The summed E-state index contributed by atoms with van der Waals surface area (Å²) >= 11 is 0. The molecule has 0 bridgehead atoms. The molecule has 0 saturated carbocycles. The maximum Gasteiger partial charge on any atom is 0.0852 e. The molecule has 2 aliphatic rings. The van der Waals surface area contributed by atoms with Crippen molar-refractivity contribution in [2.75, 3.05) is 0 Å². The number of fused-ring (bicyclic) bond motifs is 1. The zero-order valence-electron chi connectivity index (χ0n) is 3.89. The standard InChI is InChI=1S/C6H5N/c1-2-4-6-5(3-1)7-6/h1-3H,4H2. The van der Waals surface area contributed by atoms with Crippen LogP contribution in [0.1, 0.15) is 6.42 Å². The monoisotopic (exact) mass is 91.0 g/mol. The summed E-state index contributed by atoms with van der Waals surface area (Å²) in [6.07, 6.45) is 7.27. The van der Waals surface area contributed by atoms with Gasteiger partial charge in [-0.2, -0.15) is 0 Å². The van der Waals surface area contributed by atoms with Crippen LogP contribution in [0, 0.1) is 0 Å². The highest BCUT2D eigenvalue weighted by atomic mass is 14.9.